The van der Waals surface area contributed by atoms with E-state index in [1.165, 1.54) is 0 Å². The first-order valence-electron chi connectivity index (χ1n) is 7.09. The third kappa shape index (κ3) is 3.50. The van der Waals surface area contributed by atoms with Crippen molar-refractivity contribution < 1.29 is 4.79 Å². The number of amides is 2. The summed E-state index contributed by atoms with van der Waals surface area (Å²) in [6.07, 6.45) is 5.37. The number of rotatable bonds is 3. The van der Waals surface area contributed by atoms with Gasteiger partial charge in [0.25, 0.3) is 0 Å². The Morgan fingerprint density at radius 1 is 1.30 bits per heavy atom. The molecule has 0 bridgehead atoms. The summed E-state index contributed by atoms with van der Waals surface area (Å²) < 4.78 is 1.12. The molecule has 0 spiro atoms. The molecule has 114 valence electrons. The summed E-state index contributed by atoms with van der Waals surface area (Å²) in [5.74, 6) is 2.55. The van der Waals surface area contributed by atoms with Gasteiger partial charge in [0.05, 0.1) is 16.8 Å². The fraction of sp³-hybridized carbons (Fsp3) is 0.111. The molecule has 0 saturated heterocycles. The summed E-state index contributed by atoms with van der Waals surface area (Å²) in [5.41, 5.74) is 2.38. The first-order chi connectivity index (χ1) is 11.2. The van der Waals surface area contributed by atoms with Crippen LogP contribution in [-0.2, 0) is 6.54 Å². The van der Waals surface area contributed by atoms with E-state index in [0.29, 0.717) is 12.2 Å². The van der Waals surface area contributed by atoms with Crippen LogP contribution in [0.15, 0.2) is 48.5 Å². The fourth-order valence-electron chi connectivity index (χ4n) is 2.17. The predicted molar refractivity (Wildman–Crippen MR) is 94.5 cm³/mol. The molecule has 0 aliphatic carbocycles. The molecule has 3 rings (SSSR count). The molecule has 1 N–H and O–H groups in total. The molecule has 23 heavy (non-hydrogen) atoms. The highest BCUT2D eigenvalue weighted by Gasteiger charge is 2.12. The highest BCUT2D eigenvalue weighted by molar-refractivity contribution is 7.18. The molecule has 0 radical (unpaired) electrons. The number of fused-ring (bicyclic) bond motifs is 1. The van der Waals surface area contributed by atoms with E-state index < -0.39 is 0 Å². The van der Waals surface area contributed by atoms with Crippen LogP contribution in [0.1, 0.15) is 10.6 Å². The second-order valence-corrected chi connectivity index (χ2v) is 6.20. The average Bonchev–Trinajstić information content (AvgIpc) is 2.97. The maximum Gasteiger partial charge on any atom is 0.321 e. The molecule has 3 aromatic rings. The van der Waals surface area contributed by atoms with Gasteiger partial charge >= 0.3 is 6.03 Å². The van der Waals surface area contributed by atoms with Crippen LogP contribution in [0.3, 0.4) is 0 Å². The summed E-state index contributed by atoms with van der Waals surface area (Å²) >= 11 is 1.60. The number of nitrogens with zero attached hydrogens (tertiary/aromatic N) is 2. The van der Waals surface area contributed by atoms with Gasteiger partial charge in [-0.2, -0.15) is 0 Å². The summed E-state index contributed by atoms with van der Waals surface area (Å²) in [5, 5.41) is 3.74. The highest BCUT2D eigenvalue weighted by atomic mass is 32.1. The summed E-state index contributed by atoms with van der Waals surface area (Å²) in [6.45, 7) is 0.458. The number of hydrogen-bond acceptors (Lipinski definition) is 3. The monoisotopic (exact) mass is 321 g/mol. The second-order valence-electron chi connectivity index (χ2n) is 5.09. The first-order valence-corrected chi connectivity index (χ1v) is 7.90. The number of aromatic nitrogens is 1. The Labute approximate surface area is 138 Å². The van der Waals surface area contributed by atoms with Gasteiger partial charge in [-0.25, -0.2) is 9.78 Å². The van der Waals surface area contributed by atoms with E-state index >= 15 is 0 Å². The van der Waals surface area contributed by atoms with Gasteiger partial charge in [-0.1, -0.05) is 24.1 Å². The van der Waals surface area contributed by atoms with Crippen LogP contribution in [0.5, 0.6) is 0 Å². The molecule has 1 heterocycles. The topological polar surface area (TPSA) is 45.2 Å². The van der Waals surface area contributed by atoms with Crippen LogP contribution in [-0.4, -0.2) is 23.0 Å². The van der Waals surface area contributed by atoms with Crippen molar-refractivity contribution in [2.75, 3.05) is 12.4 Å². The maximum absolute atomic E-state index is 12.3. The number of nitrogens with one attached hydrogen (secondary N) is 1. The Kier molecular flexibility index (Phi) is 4.26. The summed E-state index contributed by atoms with van der Waals surface area (Å²) in [7, 11) is 1.74. The van der Waals surface area contributed by atoms with Crippen molar-refractivity contribution >= 4 is 33.3 Å². The zero-order valence-corrected chi connectivity index (χ0v) is 13.4. The molecule has 0 unspecified atom stereocenters. The van der Waals surface area contributed by atoms with Gasteiger partial charge in [0.2, 0.25) is 0 Å². The lowest BCUT2D eigenvalue weighted by molar-refractivity contribution is 0.220. The lowest BCUT2D eigenvalue weighted by Crippen LogP contribution is -2.30. The lowest BCUT2D eigenvalue weighted by atomic mass is 10.2. The second kappa shape index (κ2) is 6.51. The zero-order valence-electron chi connectivity index (χ0n) is 12.6. The number of benzene rings is 2. The van der Waals surface area contributed by atoms with Crippen molar-refractivity contribution in [1.82, 2.24) is 9.88 Å². The minimum atomic E-state index is -0.196. The number of carbonyl (C=O) groups is 1. The normalized spacial score (nSPS) is 10.3. The molecular formula is C18H15N3OS. The predicted octanol–water partition coefficient (Wildman–Crippen LogP) is 3.94. The Morgan fingerprint density at radius 3 is 2.91 bits per heavy atom. The van der Waals surface area contributed by atoms with Crippen LogP contribution in [0, 0.1) is 12.3 Å². The number of thiazole rings is 1. The Hall–Kier alpha value is -2.84. The summed E-state index contributed by atoms with van der Waals surface area (Å²) in [4.78, 5) is 18.4. The van der Waals surface area contributed by atoms with E-state index in [1.54, 1.807) is 29.4 Å². The molecule has 0 saturated carbocycles. The smallest absolute Gasteiger partial charge is 0.321 e. The van der Waals surface area contributed by atoms with E-state index in [2.05, 4.69) is 16.2 Å². The fourth-order valence-corrected chi connectivity index (χ4v) is 3.19. The number of terminal acetylenes is 1. The van der Waals surface area contributed by atoms with Crippen molar-refractivity contribution in [3.05, 3.63) is 59.1 Å². The molecule has 1 aromatic heterocycles. The van der Waals surface area contributed by atoms with Crippen LogP contribution < -0.4 is 5.32 Å². The Bertz CT molecular complexity index is 861. The minimum Gasteiger partial charge on any atom is -0.321 e. The molecule has 2 aromatic carbocycles. The van der Waals surface area contributed by atoms with Crippen LogP contribution in [0.4, 0.5) is 10.5 Å². The molecule has 0 atom stereocenters. The molecule has 0 aliphatic heterocycles. The van der Waals surface area contributed by atoms with Crippen molar-refractivity contribution in [2.24, 2.45) is 0 Å². The van der Waals surface area contributed by atoms with Crippen LogP contribution >= 0.6 is 11.3 Å². The van der Waals surface area contributed by atoms with Crippen molar-refractivity contribution in [2.45, 2.75) is 6.54 Å². The van der Waals surface area contributed by atoms with E-state index in [-0.39, 0.29) is 6.03 Å². The minimum absolute atomic E-state index is 0.196. The van der Waals surface area contributed by atoms with Gasteiger partial charge in [-0.15, -0.1) is 17.8 Å². The van der Waals surface area contributed by atoms with Gasteiger partial charge in [0.1, 0.15) is 5.01 Å². The van der Waals surface area contributed by atoms with E-state index in [1.807, 2.05) is 42.5 Å². The molecule has 0 fully saturated rings. The molecule has 0 aliphatic rings. The summed E-state index contributed by atoms with van der Waals surface area (Å²) in [6, 6.07) is 15.0. The SMILES string of the molecule is C#Cc1cccc(NC(=O)N(C)Cc2nc3ccccc3s2)c1. The highest BCUT2D eigenvalue weighted by Crippen LogP contribution is 2.22. The third-order valence-corrected chi connectivity index (χ3v) is 4.36. The van der Waals surface area contributed by atoms with Gasteiger partial charge < -0.3 is 10.2 Å². The van der Waals surface area contributed by atoms with E-state index in [0.717, 1.165) is 20.8 Å². The number of carbonyl (C=O) groups excluding carboxylic acids is 1. The average molecular weight is 321 g/mol. The van der Waals surface area contributed by atoms with Crippen LogP contribution in [0.25, 0.3) is 10.2 Å². The Balaban J connectivity index is 1.68. The van der Waals surface area contributed by atoms with Crippen molar-refractivity contribution in [3.8, 4) is 12.3 Å². The van der Waals surface area contributed by atoms with Gasteiger partial charge in [0.15, 0.2) is 0 Å². The number of hydrogen-bond donors (Lipinski definition) is 1. The van der Waals surface area contributed by atoms with E-state index in [9.17, 15) is 4.79 Å². The molecular weight excluding hydrogens is 306 g/mol. The molecule has 2 amide bonds. The largest absolute Gasteiger partial charge is 0.321 e. The molecule has 4 nitrogen and oxygen atoms in total. The lowest BCUT2D eigenvalue weighted by Gasteiger charge is -2.16. The number of urea groups is 1. The molecule has 5 heteroatoms. The standard InChI is InChI=1S/C18H15N3OS/c1-3-13-7-6-8-14(11-13)19-18(22)21(2)12-17-20-15-9-4-5-10-16(15)23-17/h1,4-11H,12H2,2H3,(H,19,22). The van der Waals surface area contributed by atoms with Gasteiger partial charge in [0, 0.05) is 18.3 Å². The van der Waals surface area contributed by atoms with Crippen molar-refractivity contribution in [1.29, 1.82) is 0 Å². The zero-order chi connectivity index (χ0) is 16.2. The quantitative estimate of drug-likeness (QED) is 0.743. The van der Waals surface area contributed by atoms with Gasteiger partial charge in [-0.3, -0.25) is 0 Å². The van der Waals surface area contributed by atoms with Crippen molar-refractivity contribution in [3.63, 3.8) is 0 Å². The van der Waals surface area contributed by atoms with E-state index in [4.69, 9.17) is 6.42 Å². The first kappa shape index (κ1) is 15.1. The third-order valence-electron chi connectivity index (χ3n) is 3.34. The van der Waals surface area contributed by atoms with Gasteiger partial charge in [-0.05, 0) is 30.3 Å². The Morgan fingerprint density at radius 2 is 2.13 bits per heavy atom. The maximum atomic E-state index is 12.3. The number of anilines is 1. The van der Waals surface area contributed by atoms with Crippen LogP contribution in [0.2, 0.25) is 0 Å². The number of para-hydroxylation sites is 1.